The second-order valence-electron chi connectivity index (χ2n) is 1.98. The Hall–Kier alpha value is 1.56. The second kappa shape index (κ2) is 9.56. The quantitative estimate of drug-likeness (QED) is 0.349. The zero-order chi connectivity index (χ0) is 6.41. The van der Waals surface area contributed by atoms with Crippen molar-refractivity contribution in [3.63, 3.8) is 0 Å². The third kappa shape index (κ3) is 12.7. The molecule has 0 aromatic rings. The van der Waals surface area contributed by atoms with Crippen LogP contribution in [0.25, 0.3) is 0 Å². The average Bonchev–Trinajstić information content (AvgIpc) is 1.66. The number of unbranched alkanes of at least 4 members (excludes halogenated alkanes) is 2. The first-order chi connectivity index (χ1) is 3.77. The van der Waals surface area contributed by atoms with Crippen LogP contribution in [-0.4, -0.2) is 67.9 Å². The van der Waals surface area contributed by atoms with Gasteiger partial charge in [0.25, 0.3) is 0 Å². The topological polar surface area (TPSA) is 40.5 Å². The fourth-order valence-corrected chi connectivity index (χ4v) is 0.577. The van der Waals surface area contributed by atoms with E-state index in [0.29, 0.717) is 6.42 Å². The predicted octanol–water partition coefficient (Wildman–Crippen LogP) is 0.229. The molecule has 2 nitrogen and oxygen atoms in total. The van der Waals surface area contributed by atoms with Crippen LogP contribution in [0.5, 0.6) is 0 Å². The summed E-state index contributed by atoms with van der Waals surface area (Å²) in [4.78, 5) is 0. The van der Waals surface area contributed by atoms with Gasteiger partial charge in [0, 0.05) is 0 Å². The fraction of sp³-hybridized carbons (Fsp3) is 1.00. The third-order valence-electron chi connectivity index (χ3n) is 1.07. The van der Waals surface area contributed by atoms with E-state index in [1.807, 2.05) is 0 Å². The molecule has 0 rings (SSSR count). The van der Waals surface area contributed by atoms with Gasteiger partial charge in [-0.05, 0) is 12.8 Å². The summed E-state index contributed by atoms with van der Waals surface area (Å²) in [6.07, 6.45) is 2.58. The van der Waals surface area contributed by atoms with Crippen molar-refractivity contribution in [1.29, 1.82) is 0 Å². The van der Waals surface area contributed by atoms with Crippen molar-refractivity contribution < 1.29 is 10.2 Å². The molecule has 0 aromatic carbocycles. The number of rotatable bonds is 4. The Bertz CT molecular complexity index is 48.3. The van der Waals surface area contributed by atoms with Crippen LogP contribution >= 0.6 is 0 Å². The van der Waals surface area contributed by atoms with Gasteiger partial charge in [0.15, 0.2) is 6.29 Å². The van der Waals surface area contributed by atoms with Crippen molar-refractivity contribution in [3.05, 3.63) is 0 Å². The Kier molecular flexibility index (Phi) is 14.0. The van der Waals surface area contributed by atoms with Crippen molar-refractivity contribution in [2.75, 3.05) is 0 Å². The standard InChI is InChI=1S/C6H14O2.K.H/c1-2-3-4-5-6(7)8;;/h6-8H,2-5H2,1H3;;. The molecular weight excluding hydrogens is 143 g/mol. The molecule has 2 N–H and O–H groups in total. The number of hydrogen-bond donors (Lipinski definition) is 2. The van der Waals surface area contributed by atoms with Crippen molar-refractivity contribution in [3.8, 4) is 0 Å². The molecule has 0 spiro atoms. The first-order valence-electron chi connectivity index (χ1n) is 3.13. The molecule has 0 saturated heterocycles. The van der Waals surface area contributed by atoms with Gasteiger partial charge >= 0.3 is 51.4 Å². The van der Waals surface area contributed by atoms with Gasteiger partial charge in [-0.3, -0.25) is 0 Å². The summed E-state index contributed by atoms with van der Waals surface area (Å²) in [5.74, 6) is 0. The maximum atomic E-state index is 8.33. The van der Waals surface area contributed by atoms with Crippen molar-refractivity contribution in [2.24, 2.45) is 0 Å². The van der Waals surface area contributed by atoms with Crippen LogP contribution in [0.15, 0.2) is 0 Å². The zero-order valence-corrected chi connectivity index (χ0v) is 5.30. The van der Waals surface area contributed by atoms with Crippen molar-refractivity contribution in [1.82, 2.24) is 0 Å². The van der Waals surface area contributed by atoms with Crippen LogP contribution in [0, 0.1) is 0 Å². The summed E-state index contributed by atoms with van der Waals surface area (Å²) in [7, 11) is 0. The molecular formula is C6H15KO2. The summed E-state index contributed by atoms with van der Waals surface area (Å²) >= 11 is 0. The van der Waals surface area contributed by atoms with Crippen LogP contribution in [0.4, 0.5) is 0 Å². The van der Waals surface area contributed by atoms with Gasteiger partial charge in [-0.2, -0.15) is 0 Å². The van der Waals surface area contributed by atoms with E-state index in [1.165, 1.54) is 0 Å². The van der Waals surface area contributed by atoms with E-state index in [0.717, 1.165) is 19.3 Å². The Morgan fingerprint density at radius 3 is 2.11 bits per heavy atom. The molecule has 0 saturated carbocycles. The maximum absolute atomic E-state index is 8.33. The molecule has 0 atom stereocenters. The predicted molar refractivity (Wildman–Crippen MR) is 39.5 cm³/mol. The molecule has 0 radical (unpaired) electrons. The Morgan fingerprint density at radius 1 is 1.22 bits per heavy atom. The molecule has 3 heteroatoms. The van der Waals surface area contributed by atoms with E-state index in [9.17, 15) is 0 Å². The molecule has 0 heterocycles. The Morgan fingerprint density at radius 2 is 1.78 bits per heavy atom. The molecule has 0 aliphatic carbocycles. The van der Waals surface area contributed by atoms with Crippen LogP contribution < -0.4 is 0 Å². The van der Waals surface area contributed by atoms with Crippen LogP contribution in [0.3, 0.4) is 0 Å². The van der Waals surface area contributed by atoms with Gasteiger partial charge in [-0.1, -0.05) is 19.8 Å². The normalized spacial score (nSPS) is 9.33. The van der Waals surface area contributed by atoms with E-state index in [-0.39, 0.29) is 51.4 Å². The molecule has 0 aromatic heterocycles. The van der Waals surface area contributed by atoms with E-state index >= 15 is 0 Å². The minimum absolute atomic E-state index is 0. The molecule has 0 aliphatic rings. The summed E-state index contributed by atoms with van der Waals surface area (Å²) in [6.45, 7) is 2.09. The van der Waals surface area contributed by atoms with Gasteiger partial charge in [0.05, 0.1) is 0 Å². The fourth-order valence-electron chi connectivity index (χ4n) is 0.577. The van der Waals surface area contributed by atoms with E-state index in [1.54, 1.807) is 0 Å². The van der Waals surface area contributed by atoms with Crippen LogP contribution in [0.2, 0.25) is 0 Å². The Labute approximate surface area is 99.1 Å². The first-order valence-corrected chi connectivity index (χ1v) is 3.13. The molecule has 0 bridgehead atoms. The third-order valence-corrected chi connectivity index (χ3v) is 1.07. The van der Waals surface area contributed by atoms with E-state index < -0.39 is 6.29 Å². The van der Waals surface area contributed by atoms with Crippen LogP contribution in [-0.2, 0) is 0 Å². The van der Waals surface area contributed by atoms with Crippen LogP contribution in [0.1, 0.15) is 32.6 Å². The van der Waals surface area contributed by atoms with Gasteiger partial charge in [-0.25, -0.2) is 0 Å². The molecule has 0 amide bonds. The summed E-state index contributed by atoms with van der Waals surface area (Å²) in [6, 6.07) is 0. The zero-order valence-electron chi connectivity index (χ0n) is 5.30. The molecule has 0 fully saturated rings. The summed E-state index contributed by atoms with van der Waals surface area (Å²) in [5.41, 5.74) is 0. The summed E-state index contributed by atoms with van der Waals surface area (Å²) < 4.78 is 0. The second-order valence-corrected chi connectivity index (χ2v) is 1.98. The SMILES string of the molecule is CCCCCC(O)O.[KH]. The van der Waals surface area contributed by atoms with Gasteiger partial charge < -0.3 is 10.2 Å². The summed E-state index contributed by atoms with van der Waals surface area (Å²) in [5, 5.41) is 16.7. The van der Waals surface area contributed by atoms with Gasteiger partial charge in [0.1, 0.15) is 0 Å². The van der Waals surface area contributed by atoms with Gasteiger partial charge in [-0.15, -0.1) is 0 Å². The molecule has 9 heavy (non-hydrogen) atoms. The number of aliphatic hydroxyl groups excluding tert-OH is 1. The van der Waals surface area contributed by atoms with Gasteiger partial charge in [0.2, 0.25) is 0 Å². The number of hydrogen-bond acceptors (Lipinski definition) is 2. The minimum atomic E-state index is -1.10. The van der Waals surface area contributed by atoms with Crippen molar-refractivity contribution >= 4 is 51.4 Å². The molecule has 0 aliphatic heterocycles. The molecule has 0 unspecified atom stereocenters. The van der Waals surface area contributed by atoms with E-state index in [2.05, 4.69) is 6.92 Å². The molecule has 52 valence electrons. The van der Waals surface area contributed by atoms with Crippen molar-refractivity contribution in [2.45, 2.75) is 38.9 Å². The Balaban J connectivity index is 0. The van der Waals surface area contributed by atoms with E-state index in [4.69, 9.17) is 10.2 Å². The average molecular weight is 158 g/mol. The first kappa shape index (κ1) is 13.2. The number of aliphatic hydroxyl groups is 2. The monoisotopic (exact) mass is 158 g/mol.